The molecule has 1 aromatic carbocycles. The van der Waals surface area contributed by atoms with Crippen molar-refractivity contribution in [2.24, 2.45) is 0 Å². The lowest BCUT2D eigenvalue weighted by atomic mass is 10.1. The number of nitrogens with zero attached hydrogens (tertiary/aromatic N) is 1. The Morgan fingerprint density at radius 2 is 2.20 bits per heavy atom. The van der Waals surface area contributed by atoms with Crippen molar-refractivity contribution in [2.75, 3.05) is 5.75 Å². The highest BCUT2D eigenvalue weighted by atomic mass is 32.2. The molecule has 0 atom stereocenters. The molecule has 0 saturated heterocycles. The summed E-state index contributed by atoms with van der Waals surface area (Å²) in [7, 11) is 0. The van der Waals surface area contributed by atoms with Crippen molar-refractivity contribution < 1.29 is 0 Å². The van der Waals surface area contributed by atoms with Crippen molar-refractivity contribution >= 4 is 11.8 Å². The van der Waals surface area contributed by atoms with Crippen LogP contribution in [-0.2, 0) is 5.75 Å². The van der Waals surface area contributed by atoms with Gasteiger partial charge in [-0.1, -0.05) is 19.4 Å². The molecule has 0 aliphatic carbocycles. The molecular formula is C13H17NS. The standard InChI is InChI=1S/C13H17NS/c1-3-4-7-15-10-13-6-5-12(9-14)8-11(13)2/h5-6,8H,3-4,7,10H2,1-2H3. The topological polar surface area (TPSA) is 23.8 Å². The van der Waals surface area contributed by atoms with E-state index in [-0.39, 0.29) is 0 Å². The Hall–Kier alpha value is -0.940. The van der Waals surface area contributed by atoms with E-state index in [0.717, 1.165) is 11.3 Å². The molecule has 0 aliphatic heterocycles. The first kappa shape index (κ1) is 12.1. The first-order chi connectivity index (χ1) is 7.27. The van der Waals surface area contributed by atoms with Crippen LogP contribution in [0.25, 0.3) is 0 Å². The molecule has 80 valence electrons. The van der Waals surface area contributed by atoms with Gasteiger partial charge in [0.15, 0.2) is 0 Å². The van der Waals surface area contributed by atoms with Gasteiger partial charge in [0.05, 0.1) is 11.6 Å². The molecule has 15 heavy (non-hydrogen) atoms. The molecule has 0 radical (unpaired) electrons. The van der Waals surface area contributed by atoms with Gasteiger partial charge in [0.2, 0.25) is 0 Å². The van der Waals surface area contributed by atoms with E-state index < -0.39 is 0 Å². The number of nitriles is 1. The van der Waals surface area contributed by atoms with Crippen molar-refractivity contribution in [2.45, 2.75) is 32.4 Å². The van der Waals surface area contributed by atoms with E-state index in [2.05, 4.69) is 26.0 Å². The monoisotopic (exact) mass is 219 g/mol. The van der Waals surface area contributed by atoms with Gasteiger partial charge in [-0.15, -0.1) is 0 Å². The summed E-state index contributed by atoms with van der Waals surface area (Å²) in [5.74, 6) is 2.30. The Bertz CT molecular complexity index is 352. The molecule has 0 saturated carbocycles. The van der Waals surface area contributed by atoms with Crippen LogP contribution in [0.1, 0.15) is 36.5 Å². The number of benzene rings is 1. The fraction of sp³-hybridized carbons (Fsp3) is 0.462. The van der Waals surface area contributed by atoms with Crippen LogP contribution < -0.4 is 0 Å². The summed E-state index contributed by atoms with van der Waals surface area (Å²) in [4.78, 5) is 0. The zero-order valence-electron chi connectivity index (χ0n) is 9.42. The minimum absolute atomic E-state index is 0.759. The Morgan fingerprint density at radius 3 is 2.80 bits per heavy atom. The molecular weight excluding hydrogens is 202 g/mol. The third-order valence-electron chi connectivity index (χ3n) is 2.37. The van der Waals surface area contributed by atoms with Crippen molar-refractivity contribution in [1.29, 1.82) is 5.26 Å². The highest BCUT2D eigenvalue weighted by Crippen LogP contribution is 2.18. The second kappa shape index (κ2) is 6.53. The first-order valence-electron chi connectivity index (χ1n) is 5.35. The Kier molecular flexibility index (Phi) is 5.28. The molecule has 0 aliphatic rings. The molecule has 0 bridgehead atoms. The van der Waals surface area contributed by atoms with E-state index in [1.807, 2.05) is 23.9 Å². The van der Waals surface area contributed by atoms with Gasteiger partial charge < -0.3 is 0 Å². The summed E-state index contributed by atoms with van der Waals surface area (Å²) in [6.07, 6.45) is 2.55. The fourth-order valence-electron chi connectivity index (χ4n) is 1.36. The van der Waals surface area contributed by atoms with Gasteiger partial charge in [0.1, 0.15) is 0 Å². The van der Waals surface area contributed by atoms with E-state index in [0.29, 0.717) is 0 Å². The SMILES string of the molecule is CCCCSCc1ccc(C#N)cc1C. The molecule has 0 amide bonds. The zero-order valence-corrected chi connectivity index (χ0v) is 10.2. The number of hydrogen-bond acceptors (Lipinski definition) is 2. The normalized spacial score (nSPS) is 9.93. The van der Waals surface area contributed by atoms with Gasteiger partial charge in [0, 0.05) is 5.75 Å². The van der Waals surface area contributed by atoms with Crippen LogP contribution in [0.4, 0.5) is 0 Å². The lowest BCUT2D eigenvalue weighted by Crippen LogP contribution is -1.89. The van der Waals surface area contributed by atoms with Gasteiger partial charge in [-0.05, 0) is 42.4 Å². The van der Waals surface area contributed by atoms with Crippen LogP contribution in [0.2, 0.25) is 0 Å². The largest absolute Gasteiger partial charge is 0.192 e. The number of aryl methyl sites for hydroxylation is 1. The van der Waals surface area contributed by atoms with Crippen LogP contribution in [0, 0.1) is 18.3 Å². The van der Waals surface area contributed by atoms with Crippen molar-refractivity contribution in [3.8, 4) is 6.07 Å². The molecule has 1 aromatic rings. The van der Waals surface area contributed by atoms with Gasteiger partial charge >= 0.3 is 0 Å². The molecule has 2 heteroatoms. The Balaban J connectivity index is 2.52. The third kappa shape index (κ3) is 3.97. The fourth-order valence-corrected chi connectivity index (χ4v) is 2.54. The van der Waals surface area contributed by atoms with Crippen LogP contribution in [0.5, 0.6) is 0 Å². The van der Waals surface area contributed by atoms with Crippen molar-refractivity contribution in [1.82, 2.24) is 0 Å². The Labute approximate surface area is 96.5 Å². The molecule has 1 nitrogen and oxygen atoms in total. The zero-order chi connectivity index (χ0) is 11.1. The predicted octanol–water partition coefficient (Wildman–Crippen LogP) is 3.90. The molecule has 0 heterocycles. The minimum atomic E-state index is 0.759. The highest BCUT2D eigenvalue weighted by molar-refractivity contribution is 7.98. The number of unbranched alkanes of at least 4 members (excludes halogenated alkanes) is 1. The number of rotatable bonds is 5. The summed E-state index contributed by atoms with van der Waals surface area (Å²) < 4.78 is 0. The van der Waals surface area contributed by atoms with E-state index in [1.54, 1.807) is 0 Å². The Morgan fingerprint density at radius 1 is 1.40 bits per heavy atom. The van der Waals surface area contributed by atoms with E-state index in [4.69, 9.17) is 5.26 Å². The molecule has 0 aromatic heterocycles. The quantitative estimate of drug-likeness (QED) is 0.701. The van der Waals surface area contributed by atoms with Crippen molar-refractivity contribution in [3.63, 3.8) is 0 Å². The van der Waals surface area contributed by atoms with Crippen molar-refractivity contribution in [3.05, 3.63) is 34.9 Å². The summed E-state index contributed by atoms with van der Waals surface area (Å²) >= 11 is 1.98. The molecule has 0 N–H and O–H groups in total. The number of thioether (sulfide) groups is 1. The average Bonchev–Trinajstić information content (AvgIpc) is 2.26. The van der Waals surface area contributed by atoms with Crippen LogP contribution in [0.15, 0.2) is 18.2 Å². The molecule has 0 spiro atoms. The van der Waals surface area contributed by atoms with Gasteiger partial charge in [-0.2, -0.15) is 17.0 Å². The van der Waals surface area contributed by atoms with Crippen LogP contribution in [-0.4, -0.2) is 5.75 Å². The second-order valence-electron chi connectivity index (χ2n) is 3.66. The smallest absolute Gasteiger partial charge is 0.0991 e. The van der Waals surface area contributed by atoms with Gasteiger partial charge in [-0.3, -0.25) is 0 Å². The summed E-state index contributed by atoms with van der Waals surface area (Å²) in [6.45, 7) is 4.30. The second-order valence-corrected chi connectivity index (χ2v) is 4.76. The average molecular weight is 219 g/mol. The summed E-state index contributed by atoms with van der Waals surface area (Å²) in [5.41, 5.74) is 3.35. The third-order valence-corrected chi connectivity index (χ3v) is 3.46. The first-order valence-corrected chi connectivity index (χ1v) is 6.50. The molecule has 1 rings (SSSR count). The lowest BCUT2D eigenvalue weighted by Gasteiger charge is -2.05. The maximum absolute atomic E-state index is 8.74. The summed E-state index contributed by atoms with van der Waals surface area (Å²) in [6, 6.07) is 8.11. The maximum atomic E-state index is 8.74. The van der Waals surface area contributed by atoms with Crippen LogP contribution >= 0.6 is 11.8 Å². The molecule has 0 fully saturated rings. The predicted molar refractivity (Wildman–Crippen MR) is 67.0 cm³/mol. The number of hydrogen-bond donors (Lipinski definition) is 0. The van der Waals surface area contributed by atoms with Gasteiger partial charge in [0.25, 0.3) is 0 Å². The minimum Gasteiger partial charge on any atom is -0.192 e. The van der Waals surface area contributed by atoms with E-state index in [1.165, 1.54) is 29.7 Å². The lowest BCUT2D eigenvalue weighted by molar-refractivity contribution is 0.896. The van der Waals surface area contributed by atoms with E-state index in [9.17, 15) is 0 Å². The maximum Gasteiger partial charge on any atom is 0.0991 e. The molecule has 0 unspecified atom stereocenters. The van der Waals surface area contributed by atoms with Crippen LogP contribution in [0.3, 0.4) is 0 Å². The van der Waals surface area contributed by atoms with Gasteiger partial charge in [-0.25, -0.2) is 0 Å². The van der Waals surface area contributed by atoms with E-state index >= 15 is 0 Å². The highest BCUT2D eigenvalue weighted by Gasteiger charge is 1.99. The summed E-state index contributed by atoms with van der Waals surface area (Å²) in [5, 5.41) is 8.74.